The number of rotatable bonds is 5. The molecule has 1 aliphatic heterocycles. The largest absolute Gasteiger partial charge is 0.497 e. The molecule has 1 aliphatic rings. The highest BCUT2D eigenvalue weighted by molar-refractivity contribution is 5.48. The van der Waals surface area contributed by atoms with Crippen LogP contribution in [-0.2, 0) is 12.8 Å². The third-order valence-electron chi connectivity index (χ3n) is 3.34. The lowest BCUT2D eigenvalue weighted by Gasteiger charge is -2.22. The zero-order valence-electron chi connectivity index (χ0n) is 11.7. The summed E-state index contributed by atoms with van der Waals surface area (Å²) in [4.78, 5) is 2.22. The molecule has 3 heteroatoms. The Morgan fingerprint density at radius 3 is 2.89 bits per heavy atom. The van der Waals surface area contributed by atoms with Crippen molar-refractivity contribution in [2.45, 2.75) is 25.7 Å². The van der Waals surface area contributed by atoms with Crippen LogP contribution in [0, 0.1) is 0 Å². The second-order valence-corrected chi connectivity index (χ2v) is 5.13. The van der Waals surface area contributed by atoms with Gasteiger partial charge in [-0.1, -0.05) is 0 Å². The minimum absolute atomic E-state index is 0.847. The van der Waals surface area contributed by atoms with Gasteiger partial charge in [-0.15, -0.1) is 0 Å². The monoisotopic (exact) mass is 249 g/mol. The third kappa shape index (κ3) is 3.16. The molecule has 0 spiro atoms. The van der Waals surface area contributed by atoms with Crippen LogP contribution >= 0.6 is 0 Å². The quantitative estimate of drug-likeness (QED) is 0.800. The number of hydrogen-bond acceptors (Lipinski definition) is 3. The molecule has 0 aromatic heterocycles. The van der Waals surface area contributed by atoms with Crippen molar-refractivity contribution in [1.29, 1.82) is 0 Å². The zero-order chi connectivity index (χ0) is 13.0. The van der Waals surface area contributed by atoms with E-state index in [0.717, 1.165) is 50.3 Å². The lowest BCUT2D eigenvalue weighted by molar-refractivity contribution is 0.283. The van der Waals surface area contributed by atoms with Gasteiger partial charge in [-0.2, -0.15) is 0 Å². The van der Waals surface area contributed by atoms with Gasteiger partial charge in [0.2, 0.25) is 0 Å². The maximum atomic E-state index is 5.84. The Kier molecular flexibility index (Phi) is 4.48. The predicted molar refractivity (Wildman–Crippen MR) is 73.7 cm³/mol. The van der Waals surface area contributed by atoms with Crippen molar-refractivity contribution >= 4 is 0 Å². The average Bonchev–Trinajstić information content (AvgIpc) is 2.38. The van der Waals surface area contributed by atoms with Gasteiger partial charge in [0.1, 0.15) is 11.5 Å². The van der Waals surface area contributed by atoms with Crippen LogP contribution < -0.4 is 9.47 Å². The van der Waals surface area contributed by atoms with Gasteiger partial charge < -0.3 is 14.4 Å². The van der Waals surface area contributed by atoms with Gasteiger partial charge in [0, 0.05) is 0 Å². The van der Waals surface area contributed by atoms with Crippen molar-refractivity contribution in [3.8, 4) is 11.5 Å². The standard InChI is InChI=1S/C15H23NO2/c1-16(2)8-4-6-12-10-14(17-3)11-13-7-5-9-18-15(12)13/h10-11H,4-9H2,1-3H3. The average molecular weight is 249 g/mol. The molecule has 1 aromatic rings. The Morgan fingerprint density at radius 2 is 2.17 bits per heavy atom. The predicted octanol–water partition coefficient (Wildman–Crippen LogP) is 2.51. The fourth-order valence-electron chi connectivity index (χ4n) is 2.42. The number of ether oxygens (including phenoxy) is 2. The minimum atomic E-state index is 0.847. The molecule has 0 aliphatic carbocycles. The van der Waals surface area contributed by atoms with Gasteiger partial charge in [-0.05, 0) is 69.6 Å². The summed E-state index contributed by atoms with van der Waals surface area (Å²) >= 11 is 0. The van der Waals surface area contributed by atoms with Crippen LogP contribution in [0.25, 0.3) is 0 Å². The molecule has 100 valence electrons. The Morgan fingerprint density at radius 1 is 1.33 bits per heavy atom. The van der Waals surface area contributed by atoms with E-state index in [1.165, 1.54) is 11.1 Å². The first-order valence-corrected chi connectivity index (χ1v) is 6.68. The number of aryl methyl sites for hydroxylation is 2. The van der Waals surface area contributed by atoms with Crippen LogP contribution in [0.15, 0.2) is 12.1 Å². The molecule has 18 heavy (non-hydrogen) atoms. The highest BCUT2D eigenvalue weighted by atomic mass is 16.5. The van der Waals surface area contributed by atoms with E-state index in [4.69, 9.17) is 9.47 Å². The Hall–Kier alpha value is -1.22. The van der Waals surface area contributed by atoms with Crippen molar-refractivity contribution in [2.75, 3.05) is 34.4 Å². The summed E-state index contributed by atoms with van der Waals surface area (Å²) in [5, 5.41) is 0. The number of hydrogen-bond donors (Lipinski definition) is 0. The lowest BCUT2D eigenvalue weighted by Crippen LogP contribution is -2.15. The first-order chi connectivity index (χ1) is 8.70. The molecule has 0 unspecified atom stereocenters. The normalized spacial score (nSPS) is 14.2. The van der Waals surface area contributed by atoms with E-state index in [1.54, 1.807) is 7.11 Å². The van der Waals surface area contributed by atoms with E-state index in [9.17, 15) is 0 Å². The highest BCUT2D eigenvalue weighted by Gasteiger charge is 2.16. The van der Waals surface area contributed by atoms with E-state index >= 15 is 0 Å². The Labute approximate surface area is 110 Å². The SMILES string of the molecule is COc1cc2c(c(CCCN(C)C)c1)OCCC2. The number of fused-ring (bicyclic) bond motifs is 1. The van der Waals surface area contributed by atoms with Crippen molar-refractivity contribution in [2.24, 2.45) is 0 Å². The summed E-state index contributed by atoms with van der Waals surface area (Å²) in [5.41, 5.74) is 2.60. The summed E-state index contributed by atoms with van der Waals surface area (Å²) in [7, 11) is 5.95. The Balaban J connectivity index is 2.16. The molecular weight excluding hydrogens is 226 g/mol. The van der Waals surface area contributed by atoms with Gasteiger partial charge in [0.15, 0.2) is 0 Å². The minimum Gasteiger partial charge on any atom is -0.497 e. The summed E-state index contributed by atoms with van der Waals surface area (Å²) in [6.07, 6.45) is 4.41. The summed E-state index contributed by atoms with van der Waals surface area (Å²) < 4.78 is 11.2. The number of benzene rings is 1. The summed E-state index contributed by atoms with van der Waals surface area (Å²) in [5.74, 6) is 2.07. The maximum absolute atomic E-state index is 5.84. The molecule has 1 heterocycles. The first kappa shape index (κ1) is 13.2. The van der Waals surface area contributed by atoms with Gasteiger partial charge in [-0.25, -0.2) is 0 Å². The second-order valence-electron chi connectivity index (χ2n) is 5.13. The van der Waals surface area contributed by atoms with Crippen LogP contribution in [0.5, 0.6) is 11.5 Å². The van der Waals surface area contributed by atoms with Crippen LogP contribution in [0.2, 0.25) is 0 Å². The smallest absolute Gasteiger partial charge is 0.125 e. The van der Waals surface area contributed by atoms with Crippen molar-refractivity contribution in [3.05, 3.63) is 23.3 Å². The number of methoxy groups -OCH3 is 1. The Bertz CT molecular complexity index is 402. The van der Waals surface area contributed by atoms with E-state index in [1.807, 2.05) is 0 Å². The lowest BCUT2D eigenvalue weighted by atomic mass is 9.99. The number of nitrogens with zero attached hydrogens (tertiary/aromatic N) is 1. The molecule has 0 atom stereocenters. The third-order valence-corrected chi connectivity index (χ3v) is 3.34. The van der Waals surface area contributed by atoms with Crippen molar-refractivity contribution in [1.82, 2.24) is 4.90 Å². The molecule has 0 radical (unpaired) electrons. The van der Waals surface area contributed by atoms with E-state index in [-0.39, 0.29) is 0 Å². The van der Waals surface area contributed by atoms with Crippen molar-refractivity contribution in [3.63, 3.8) is 0 Å². The molecular formula is C15H23NO2. The van der Waals surface area contributed by atoms with Gasteiger partial charge in [0.05, 0.1) is 13.7 Å². The molecule has 0 saturated carbocycles. The first-order valence-electron chi connectivity index (χ1n) is 6.68. The molecule has 3 nitrogen and oxygen atoms in total. The topological polar surface area (TPSA) is 21.7 Å². The van der Waals surface area contributed by atoms with Crippen LogP contribution in [-0.4, -0.2) is 39.3 Å². The fraction of sp³-hybridized carbons (Fsp3) is 0.600. The second kappa shape index (κ2) is 6.10. The van der Waals surface area contributed by atoms with Crippen LogP contribution in [0.4, 0.5) is 0 Å². The summed E-state index contributed by atoms with van der Waals surface area (Å²) in [6, 6.07) is 4.24. The molecule has 0 fully saturated rings. The van der Waals surface area contributed by atoms with E-state index < -0.39 is 0 Å². The molecule has 2 rings (SSSR count). The zero-order valence-corrected chi connectivity index (χ0v) is 11.7. The van der Waals surface area contributed by atoms with Crippen molar-refractivity contribution < 1.29 is 9.47 Å². The fourth-order valence-corrected chi connectivity index (χ4v) is 2.42. The molecule has 0 N–H and O–H groups in total. The highest BCUT2D eigenvalue weighted by Crippen LogP contribution is 2.33. The van der Waals surface area contributed by atoms with Gasteiger partial charge in [-0.3, -0.25) is 0 Å². The summed E-state index contributed by atoms with van der Waals surface area (Å²) in [6.45, 7) is 1.95. The molecule has 0 amide bonds. The van der Waals surface area contributed by atoms with Gasteiger partial charge in [0.25, 0.3) is 0 Å². The molecule has 0 bridgehead atoms. The molecule has 1 aromatic carbocycles. The van der Waals surface area contributed by atoms with Crippen LogP contribution in [0.3, 0.4) is 0 Å². The van der Waals surface area contributed by atoms with E-state index in [0.29, 0.717) is 0 Å². The molecule has 0 saturated heterocycles. The maximum Gasteiger partial charge on any atom is 0.125 e. The van der Waals surface area contributed by atoms with E-state index in [2.05, 4.69) is 31.1 Å². The van der Waals surface area contributed by atoms with Gasteiger partial charge >= 0.3 is 0 Å². The van der Waals surface area contributed by atoms with Crippen LogP contribution in [0.1, 0.15) is 24.0 Å².